The lowest BCUT2D eigenvalue weighted by molar-refractivity contribution is -0.118. The maximum atomic E-state index is 12.3. The summed E-state index contributed by atoms with van der Waals surface area (Å²) in [4.78, 5) is 12.3. The topological polar surface area (TPSA) is 63.5 Å². The molecule has 2 rings (SSSR count). The monoisotopic (exact) mass is 322 g/mol. The molecule has 1 amide bonds. The van der Waals surface area contributed by atoms with Gasteiger partial charge in [-0.15, -0.1) is 0 Å². The minimum absolute atomic E-state index is 0.0722. The molecule has 2 aromatic rings. The number of halogens is 1. The molecule has 0 spiro atoms. The van der Waals surface area contributed by atoms with Gasteiger partial charge in [-0.2, -0.15) is 0 Å². The van der Waals surface area contributed by atoms with E-state index < -0.39 is 6.04 Å². The molecule has 0 fully saturated rings. The minimum atomic E-state index is -0.413. The van der Waals surface area contributed by atoms with E-state index in [9.17, 15) is 4.79 Å². The summed E-state index contributed by atoms with van der Waals surface area (Å²) in [6.07, 6.45) is 1.61. The first-order chi connectivity index (χ1) is 10.5. The van der Waals surface area contributed by atoms with Gasteiger partial charge < -0.3 is 14.5 Å². The summed E-state index contributed by atoms with van der Waals surface area (Å²) in [5.74, 6) is 1.16. The van der Waals surface area contributed by atoms with Crippen LogP contribution in [0.2, 0.25) is 5.02 Å². The maximum absolute atomic E-state index is 12.3. The number of methoxy groups -OCH3 is 1. The van der Waals surface area contributed by atoms with Crippen LogP contribution in [0.3, 0.4) is 0 Å². The average molecular weight is 323 g/mol. The molecule has 0 saturated heterocycles. The second kappa shape index (κ2) is 7.33. The third-order valence-corrected chi connectivity index (χ3v) is 3.52. The van der Waals surface area contributed by atoms with Gasteiger partial charge in [0.1, 0.15) is 11.5 Å². The first kappa shape index (κ1) is 16.4. The van der Waals surface area contributed by atoms with Crippen LogP contribution in [0.4, 0.5) is 5.69 Å². The first-order valence-electron chi connectivity index (χ1n) is 6.95. The fourth-order valence-corrected chi connectivity index (χ4v) is 2.26. The van der Waals surface area contributed by atoms with Gasteiger partial charge in [-0.1, -0.05) is 11.6 Å². The second-order valence-electron chi connectivity index (χ2n) is 4.96. The number of ether oxygens (including phenoxy) is 1. The number of hydrogen-bond acceptors (Lipinski definition) is 4. The van der Waals surface area contributed by atoms with Crippen molar-refractivity contribution in [2.75, 3.05) is 12.4 Å². The van der Waals surface area contributed by atoms with Crippen molar-refractivity contribution in [2.45, 2.75) is 25.9 Å². The van der Waals surface area contributed by atoms with E-state index in [4.69, 9.17) is 20.8 Å². The van der Waals surface area contributed by atoms with Crippen molar-refractivity contribution in [3.63, 3.8) is 0 Å². The lowest BCUT2D eigenvalue weighted by atomic mass is 10.2. The Morgan fingerprint density at radius 3 is 2.73 bits per heavy atom. The highest BCUT2D eigenvalue weighted by molar-refractivity contribution is 6.31. The van der Waals surface area contributed by atoms with E-state index in [0.29, 0.717) is 16.5 Å². The minimum Gasteiger partial charge on any atom is -0.495 e. The number of furan rings is 1. The number of benzene rings is 1. The molecule has 0 unspecified atom stereocenters. The van der Waals surface area contributed by atoms with Crippen LogP contribution in [-0.4, -0.2) is 19.1 Å². The number of carbonyl (C=O) groups is 1. The van der Waals surface area contributed by atoms with Crippen LogP contribution in [0.15, 0.2) is 41.0 Å². The number of anilines is 1. The van der Waals surface area contributed by atoms with Gasteiger partial charge in [-0.25, -0.2) is 0 Å². The molecule has 0 aliphatic rings. The first-order valence-corrected chi connectivity index (χ1v) is 7.33. The van der Waals surface area contributed by atoms with Crippen LogP contribution in [0.25, 0.3) is 0 Å². The number of rotatable bonds is 6. The van der Waals surface area contributed by atoms with Crippen molar-refractivity contribution in [1.82, 2.24) is 5.32 Å². The van der Waals surface area contributed by atoms with Crippen molar-refractivity contribution in [2.24, 2.45) is 0 Å². The molecule has 0 saturated carbocycles. The van der Waals surface area contributed by atoms with E-state index in [0.717, 1.165) is 5.76 Å². The lowest BCUT2D eigenvalue weighted by Gasteiger charge is -2.19. The van der Waals surface area contributed by atoms with Crippen molar-refractivity contribution in [1.29, 1.82) is 0 Å². The Balaban J connectivity index is 2.01. The van der Waals surface area contributed by atoms with E-state index in [1.807, 2.05) is 19.1 Å². The molecule has 1 aromatic heterocycles. The van der Waals surface area contributed by atoms with E-state index >= 15 is 0 Å². The molecular weight excluding hydrogens is 304 g/mol. The highest BCUT2D eigenvalue weighted by Crippen LogP contribution is 2.27. The Labute approximate surface area is 134 Å². The van der Waals surface area contributed by atoms with E-state index in [-0.39, 0.29) is 11.9 Å². The summed E-state index contributed by atoms with van der Waals surface area (Å²) in [6.45, 7) is 3.72. The van der Waals surface area contributed by atoms with Gasteiger partial charge in [0, 0.05) is 5.02 Å². The van der Waals surface area contributed by atoms with E-state index in [1.54, 1.807) is 38.5 Å². The maximum Gasteiger partial charge on any atom is 0.241 e. The normalized spacial score (nSPS) is 13.5. The largest absolute Gasteiger partial charge is 0.495 e. The summed E-state index contributed by atoms with van der Waals surface area (Å²) in [7, 11) is 1.54. The van der Waals surface area contributed by atoms with Gasteiger partial charge in [-0.3, -0.25) is 10.1 Å². The summed E-state index contributed by atoms with van der Waals surface area (Å²) in [6, 6.07) is 8.26. The zero-order valence-corrected chi connectivity index (χ0v) is 13.5. The van der Waals surface area contributed by atoms with Crippen LogP contribution in [-0.2, 0) is 4.79 Å². The van der Waals surface area contributed by atoms with Crippen LogP contribution >= 0.6 is 11.6 Å². The van der Waals surface area contributed by atoms with Gasteiger partial charge in [0.2, 0.25) is 5.91 Å². The van der Waals surface area contributed by atoms with E-state index in [1.165, 1.54) is 0 Å². The zero-order valence-electron chi connectivity index (χ0n) is 12.7. The number of nitrogens with one attached hydrogen (secondary N) is 2. The molecule has 1 aromatic carbocycles. The summed E-state index contributed by atoms with van der Waals surface area (Å²) >= 11 is 5.95. The highest BCUT2D eigenvalue weighted by atomic mass is 35.5. The summed E-state index contributed by atoms with van der Waals surface area (Å²) in [5.41, 5.74) is 0.541. The molecule has 118 valence electrons. The van der Waals surface area contributed by atoms with Gasteiger partial charge in [-0.05, 0) is 44.2 Å². The third-order valence-electron chi connectivity index (χ3n) is 3.28. The smallest absolute Gasteiger partial charge is 0.241 e. The molecule has 2 atom stereocenters. The lowest BCUT2D eigenvalue weighted by Crippen LogP contribution is -2.39. The van der Waals surface area contributed by atoms with E-state index in [2.05, 4.69) is 10.6 Å². The summed E-state index contributed by atoms with van der Waals surface area (Å²) in [5, 5.41) is 6.51. The van der Waals surface area contributed by atoms with Gasteiger partial charge >= 0.3 is 0 Å². The average Bonchev–Trinajstić information content (AvgIpc) is 3.01. The molecular formula is C16H19ClN2O3. The molecule has 5 nitrogen and oxygen atoms in total. The van der Waals surface area contributed by atoms with Crippen molar-refractivity contribution in [3.05, 3.63) is 47.4 Å². The Hall–Kier alpha value is -1.98. The third kappa shape index (κ3) is 4.02. The highest BCUT2D eigenvalue weighted by Gasteiger charge is 2.19. The van der Waals surface area contributed by atoms with Crippen LogP contribution < -0.4 is 15.4 Å². The molecule has 0 radical (unpaired) electrons. The molecule has 0 aliphatic heterocycles. The standard InChI is InChI=1S/C16H19ClN2O3/c1-10(14-5-4-8-22-14)18-11(2)16(20)19-13-9-12(17)6-7-15(13)21-3/h4-11,18H,1-3H3,(H,19,20)/t10-,11-/m0/s1. The SMILES string of the molecule is COc1ccc(Cl)cc1NC(=O)[C@H](C)N[C@@H](C)c1ccco1. The molecule has 0 bridgehead atoms. The predicted octanol–water partition coefficient (Wildman–Crippen LogP) is 3.62. The molecule has 2 N–H and O–H groups in total. The number of hydrogen-bond donors (Lipinski definition) is 2. The van der Waals surface area contributed by atoms with Crippen molar-refractivity contribution in [3.8, 4) is 5.75 Å². The fraction of sp³-hybridized carbons (Fsp3) is 0.312. The molecule has 0 aliphatic carbocycles. The molecule has 6 heteroatoms. The second-order valence-corrected chi connectivity index (χ2v) is 5.40. The van der Waals surface area contributed by atoms with Gasteiger partial charge in [0.25, 0.3) is 0 Å². The van der Waals surface area contributed by atoms with Crippen molar-refractivity contribution < 1.29 is 13.9 Å². The zero-order chi connectivity index (χ0) is 16.1. The molecule has 22 heavy (non-hydrogen) atoms. The van der Waals surface area contributed by atoms with Crippen molar-refractivity contribution >= 4 is 23.2 Å². The number of carbonyl (C=O) groups excluding carboxylic acids is 1. The van der Waals surface area contributed by atoms with Gasteiger partial charge in [0.05, 0.1) is 31.1 Å². The Bertz CT molecular complexity index is 628. The predicted molar refractivity (Wildman–Crippen MR) is 86.4 cm³/mol. The van der Waals surface area contributed by atoms with Gasteiger partial charge in [0.15, 0.2) is 0 Å². The van der Waals surface area contributed by atoms with Crippen LogP contribution in [0.5, 0.6) is 5.75 Å². The van der Waals surface area contributed by atoms with Crippen LogP contribution in [0.1, 0.15) is 25.6 Å². The Kier molecular flexibility index (Phi) is 5.46. The molecule has 1 heterocycles. The van der Waals surface area contributed by atoms with Crippen LogP contribution in [0, 0.1) is 0 Å². The summed E-state index contributed by atoms with van der Waals surface area (Å²) < 4.78 is 10.5. The quantitative estimate of drug-likeness (QED) is 0.852. The number of amides is 1. The Morgan fingerprint density at radius 2 is 2.09 bits per heavy atom. The Morgan fingerprint density at radius 1 is 1.32 bits per heavy atom. The fourth-order valence-electron chi connectivity index (χ4n) is 2.09.